The van der Waals surface area contributed by atoms with E-state index in [9.17, 15) is 4.79 Å². The highest BCUT2D eigenvalue weighted by atomic mass is 35.5. The van der Waals surface area contributed by atoms with Crippen molar-refractivity contribution in [1.29, 1.82) is 0 Å². The predicted octanol–water partition coefficient (Wildman–Crippen LogP) is 5.65. The molecule has 0 spiro atoms. The number of nitrogens with zero attached hydrogens (tertiary/aromatic N) is 1. The van der Waals surface area contributed by atoms with Crippen molar-refractivity contribution in [1.82, 2.24) is 9.97 Å². The number of aromatic nitrogens is 2. The van der Waals surface area contributed by atoms with Gasteiger partial charge in [0.1, 0.15) is 0 Å². The number of fused-ring (bicyclic) bond motifs is 1. The minimum atomic E-state index is -0.243. The van der Waals surface area contributed by atoms with Gasteiger partial charge in [-0.25, -0.2) is 4.98 Å². The van der Waals surface area contributed by atoms with Crippen LogP contribution in [0.25, 0.3) is 11.0 Å². The normalized spacial score (nSPS) is 22.2. The summed E-state index contributed by atoms with van der Waals surface area (Å²) in [5.74, 6) is 0.356. The molecule has 0 radical (unpaired) electrons. The van der Waals surface area contributed by atoms with Crippen molar-refractivity contribution in [3.63, 3.8) is 0 Å². The molecular weight excluding hydrogens is 419 g/mol. The second-order valence-corrected chi connectivity index (χ2v) is 8.41. The van der Waals surface area contributed by atoms with E-state index in [0.717, 1.165) is 30.3 Å². The first-order valence-corrected chi connectivity index (χ1v) is 10.4. The van der Waals surface area contributed by atoms with E-state index in [2.05, 4.69) is 20.6 Å². The Kier molecular flexibility index (Phi) is 5.67. The molecule has 3 N–H and O–H groups in total. The number of rotatable bonds is 4. The van der Waals surface area contributed by atoms with Crippen molar-refractivity contribution in [3.05, 3.63) is 53.1 Å². The number of benzene rings is 2. The number of halogens is 3. The Balaban J connectivity index is 1.53. The van der Waals surface area contributed by atoms with Crippen molar-refractivity contribution in [2.24, 2.45) is 0 Å². The standard InChI is InChI=1S/C20H19Cl3N4O/c21-12-4-1-2-7-15(12)24-19(28)11-8-9-16-17(10-11)26-20(25-16)27-18-13(22)5-3-6-14(18)23/h1-2,4,7-10,13-14,18H,3,5-6H2,(H,24,28)(H2,25,26,27). The van der Waals surface area contributed by atoms with E-state index < -0.39 is 0 Å². The van der Waals surface area contributed by atoms with E-state index in [1.54, 1.807) is 30.3 Å². The van der Waals surface area contributed by atoms with Crippen LogP contribution in [0.3, 0.4) is 0 Å². The number of amides is 1. The van der Waals surface area contributed by atoms with Gasteiger partial charge < -0.3 is 15.6 Å². The molecule has 5 nitrogen and oxygen atoms in total. The molecule has 3 aromatic rings. The highest BCUT2D eigenvalue weighted by Crippen LogP contribution is 2.30. The Morgan fingerprint density at radius 2 is 1.86 bits per heavy atom. The first-order chi connectivity index (χ1) is 13.5. The Hall–Kier alpha value is -1.95. The largest absolute Gasteiger partial charge is 0.350 e. The van der Waals surface area contributed by atoms with Gasteiger partial charge in [-0.15, -0.1) is 23.2 Å². The molecule has 1 fully saturated rings. The third-order valence-electron chi connectivity index (χ3n) is 4.91. The summed E-state index contributed by atoms with van der Waals surface area (Å²) in [6.45, 7) is 0. The fraction of sp³-hybridized carbons (Fsp3) is 0.300. The maximum atomic E-state index is 12.6. The van der Waals surface area contributed by atoms with E-state index in [0.29, 0.717) is 22.2 Å². The van der Waals surface area contributed by atoms with Crippen LogP contribution in [0, 0.1) is 0 Å². The molecule has 4 rings (SSSR count). The first kappa shape index (κ1) is 19.4. The quantitative estimate of drug-likeness (QED) is 0.462. The molecule has 1 heterocycles. The number of aromatic amines is 1. The summed E-state index contributed by atoms with van der Waals surface area (Å²) >= 11 is 19.0. The van der Waals surface area contributed by atoms with Gasteiger partial charge in [-0.1, -0.05) is 30.2 Å². The average molecular weight is 438 g/mol. The zero-order valence-corrected chi connectivity index (χ0v) is 17.2. The second-order valence-electron chi connectivity index (χ2n) is 6.88. The lowest BCUT2D eigenvalue weighted by Crippen LogP contribution is -2.41. The van der Waals surface area contributed by atoms with Crippen LogP contribution < -0.4 is 10.6 Å². The van der Waals surface area contributed by atoms with Crippen LogP contribution in [-0.2, 0) is 0 Å². The molecule has 1 aromatic heterocycles. The van der Waals surface area contributed by atoms with Gasteiger partial charge in [-0.2, -0.15) is 0 Å². The summed E-state index contributed by atoms with van der Waals surface area (Å²) in [5.41, 5.74) is 2.58. The summed E-state index contributed by atoms with van der Waals surface area (Å²) in [6.07, 6.45) is 2.88. The smallest absolute Gasteiger partial charge is 0.255 e. The van der Waals surface area contributed by atoms with Crippen LogP contribution in [0.5, 0.6) is 0 Å². The summed E-state index contributed by atoms with van der Waals surface area (Å²) in [7, 11) is 0. The van der Waals surface area contributed by atoms with Crippen molar-refractivity contribution in [2.75, 3.05) is 10.6 Å². The molecule has 0 saturated heterocycles. The number of hydrogen-bond acceptors (Lipinski definition) is 3. The van der Waals surface area contributed by atoms with Gasteiger partial charge in [-0.05, 0) is 43.2 Å². The third-order valence-corrected chi connectivity index (χ3v) is 6.22. The lowest BCUT2D eigenvalue weighted by molar-refractivity contribution is 0.102. The number of carbonyl (C=O) groups excluding carboxylic acids is 1. The van der Waals surface area contributed by atoms with Gasteiger partial charge in [0.15, 0.2) is 0 Å². The van der Waals surface area contributed by atoms with E-state index >= 15 is 0 Å². The zero-order chi connectivity index (χ0) is 19.7. The minimum Gasteiger partial charge on any atom is -0.350 e. The summed E-state index contributed by atoms with van der Waals surface area (Å²) in [4.78, 5) is 20.3. The van der Waals surface area contributed by atoms with Crippen LogP contribution in [0.2, 0.25) is 5.02 Å². The number of para-hydroxylation sites is 1. The molecule has 28 heavy (non-hydrogen) atoms. The number of alkyl halides is 2. The molecule has 1 amide bonds. The molecule has 8 heteroatoms. The molecular formula is C20H19Cl3N4O. The molecule has 1 aliphatic rings. The zero-order valence-electron chi connectivity index (χ0n) is 14.9. The molecule has 146 valence electrons. The van der Waals surface area contributed by atoms with Gasteiger partial charge in [0.05, 0.1) is 38.5 Å². The maximum absolute atomic E-state index is 12.6. The van der Waals surface area contributed by atoms with Gasteiger partial charge in [-0.3, -0.25) is 4.79 Å². The molecule has 1 aliphatic carbocycles. The fourth-order valence-corrected chi connectivity index (χ4v) is 4.45. The van der Waals surface area contributed by atoms with E-state index in [-0.39, 0.29) is 22.7 Å². The number of H-pyrrole nitrogens is 1. The van der Waals surface area contributed by atoms with Crippen LogP contribution in [-0.4, -0.2) is 32.7 Å². The summed E-state index contributed by atoms with van der Waals surface area (Å²) < 4.78 is 0. The second kappa shape index (κ2) is 8.19. The van der Waals surface area contributed by atoms with Gasteiger partial charge in [0.25, 0.3) is 5.91 Å². The fourth-order valence-electron chi connectivity index (χ4n) is 3.41. The molecule has 1 saturated carbocycles. The Labute approximate surface area is 177 Å². The van der Waals surface area contributed by atoms with Crippen LogP contribution in [0.1, 0.15) is 29.6 Å². The maximum Gasteiger partial charge on any atom is 0.255 e. The Bertz CT molecular complexity index is 996. The highest BCUT2D eigenvalue weighted by molar-refractivity contribution is 6.33. The van der Waals surface area contributed by atoms with Crippen molar-refractivity contribution in [2.45, 2.75) is 36.1 Å². The van der Waals surface area contributed by atoms with E-state index in [1.165, 1.54) is 0 Å². The number of carbonyl (C=O) groups is 1. The number of nitrogens with one attached hydrogen (secondary N) is 3. The van der Waals surface area contributed by atoms with Gasteiger partial charge in [0, 0.05) is 5.56 Å². The highest BCUT2D eigenvalue weighted by Gasteiger charge is 2.31. The topological polar surface area (TPSA) is 69.8 Å². The molecule has 0 aliphatic heterocycles. The molecule has 2 aromatic carbocycles. The molecule has 0 bridgehead atoms. The van der Waals surface area contributed by atoms with Crippen LogP contribution >= 0.6 is 34.8 Å². The third kappa shape index (κ3) is 4.07. The van der Waals surface area contributed by atoms with Gasteiger partial charge >= 0.3 is 0 Å². The van der Waals surface area contributed by atoms with Crippen LogP contribution in [0.4, 0.5) is 11.6 Å². The minimum absolute atomic E-state index is 0.0404. The lowest BCUT2D eigenvalue weighted by Gasteiger charge is -2.31. The van der Waals surface area contributed by atoms with Crippen LogP contribution in [0.15, 0.2) is 42.5 Å². The van der Waals surface area contributed by atoms with E-state index in [4.69, 9.17) is 34.8 Å². The first-order valence-electron chi connectivity index (χ1n) is 9.11. The van der Waals surface area contributed by atoms with Crippen molar-refractivity contribution < 1.29 is 4.79 Å². The SMILES string of the molecule is O=C(Nc1ccccc1Cl)c1ccc2nc(NC3C(Cl)CCCC3Cl)[nH]c2c1. The summed E-state index contributed by atoms with van der Waals surface area (Å²) in [5, 5.41) is 6.55. The van der Waals surface area contributed by atoms with Crippen molar-refractivity contribution >= 4 is 63.4 Å². The molecule has 2 unspecified atom stereocenters. The average Bonchev–Trinajstić information content (AvgIpc) is 3.08. The van der Waals surface area contributed by atoms with Crippen molar-refractivity contribution in [3.8, 4) is 0 Å². The summed E-state index contributed by atoms with van der Waals surface area (Å²) in [6, 6.07) is 12.4. The van der Waals surface area contributed by atoms with Gasteiger partial charge in [0.2, 0.25) is 5.95 Å². The monoisotopic (exact) mass is 436 g/mol. The Morgan fingerprint density at radius 1 is 1.11 bits per heavy atom. The number of anilines is 2. The Morgan fingerprint density at radius 3 is 2.61 bits per heavy atom. The number of imidazole rings is 1. The van der Waals surface area contributed by atoms with E-state index in [1.807, 2.05) is 12.1 Å². The lowest BCUT2D eigenvalue weighted by atomic mass is 9.94. The predicted molar refractivity (Wildman–Crippen MR) is 116 cm³/mol. The molecule has 2 atom stereocenters. The number of hydrogen-bond donors (Lipinski definition) is 3.